The topological polar surface area (TPSA) is 26.3 Å². The molecule has 0 spiro atoms. The molecule has 1 aliphatic heterocycles. The van der Waals surface area contributed by atoms with Crippen LogP contribution in [-0.2, 0) is 9.53 Å². The number of hydrogen-bond acceptors (Lipinski definition) is 2. The Hall–Kier alpha value is -0.530. The van der Waals surface area contributed by atoms with Crippen molar-refractivity contribution in [1.82, 2.24) is 0 Å². The standard InChI is InChI=1S/C11H20O2/c1-3-5-6-7-11(4-2)8-9-13-10(11)12/h3-9H2,1-2H3. The van der Waals surface area contributed by atoms with Gasteiger partial charge in [-0.15, -0.1) is 0 Å². The Labute approximate surface area is 80.7 Å². The van der Waals surface area contributed by atoms with Gasteiger partial charge in [-0.1, -0.05) is 33.1 Å². The van der Waals surface area contributed by atoms with Gasteiger partial charge in [0.05, 0.1) is 12.0 Å². The van der Waals surface area contributed by atoms with Gasteiger partial charge < -0.3 is 4.74 Å². The smallest absolute Gasteiger partial charge is 0.312 e. The van der Waals surface area contributed by atoms with Gasteiger partial charge in [-0.2, -0.15) is 0 Å². The molecule has 0 N–H and O–H groups in total. The van der Waals surface area contributed by atoms with E-state index < -0.39 is 0 Å². The van der Waals surface area contributed by atoms with Crippen molar-refractivity contribution in [3.05, 3.63) is 0 Å². The number of hydrogen-bond donors (Lipinski definition) is 0. The lowest BCUT2D eigenvalue weighted by Gasteiger charge is -2.22. The fourth-order valence-electron chi connectivity index (χ4n) is 2.03. The first-order valence-corrected chi connectivity index (χ1v) is 5.42. The van der Waals surface area contributed by atoms with Gasteiger partial charge in [0.25, 0.3) is 0 Å². The van der Waals surface area contributed by atoms with Gasteiger partial charge in [0.15, 0.2) is 0 Å². The van der Waals surface area contributed by atoms with Gasteiger partial charge >= 0.3 is 5.97 Å². The van der Waals surface area contributed by atoms with Gasteiger partial charge in [-0.3, -0.25) is 4.79 Å². The molecule has 1 unspecified atom stereocenters. The maximum atomic E-state index is 11.5. The van der Waals surface area contributed by atoms with Crippen LogP contribution in [0.1, 0.15) is 52.4 Å². The molecule has 1 aliphatic rings. The molecule has 0 bridgehead atoms. The Morgan fingerprint density at radius 2 is 2.15 bits per heavy atom. The monoisotopic (exact) mass is 184 g/mol. The van der Waals surface area contributed by atoms with Crippen molar-refractivity contribution in [2.45, 2.75) is 52.4 Å². The minimum atomic E-state index is -0.116. The molecule has 0 aromatic rings. The van der Waals surface area contributed by atoms with Crippen LogP contribution in [0, 0.1) is 5.41 Å². The van der Waals surface area contributed by atoms with E-state index in [1.165, 1.54) is 19.3 Å². The Bertz CT molecular complexity index is 177. The number of esters is 1. The van der Waals surface area contributed by atoms with E-state index in [1.807, 2.05) is 0 Å². The Morgan fingerprint density at radius 3 is 2.62 bits per heavy atom. The largest absolute Gasteiger partial charge is 0.465 e. The third-order valence-electron chi connectivity index (χ3n) is 3.18. The molecule has 0 radical (unpaired) electrons. The molecule has 1 rings (SSSR count). The summed E-state index contributed by atoms with van der Waals surface area (Å²) in [6, 6.07) is 0. The summed E-state index contributed by atoms with van der Waals surface area (Å²) in [4.78, 5) is 11.5. The van der Waals surface area contributed by atoms with Gasteiger partial charge in [-0.05, 0) is 19.3 Å². The lowest BCUT2D eigenvalue weighted by atomic mass is 9.79. The first-order valence-electron chi connectivity index (χ1n) is 5.42. The highest BCUT2D eigenvalue weighted by Gasteiger charge is 2.41. The van der Waals surface area contributed by atoms with Crippen LogP contribution in [-0.4, -0.2) is 12.6 Å². The number of carbonyl (C=O) groups is 1. The molecule has 1 saturated heterocycles. The van der Waals surface area contributed by atoms with Crippen LogP contribution < -0.4 is 0 Å². The summed E-state index contributed by atoms with van der Waals surface area (Å²) in [7, 11) is 0. The lowest BCUT2D eigenvalue weighted by Crippen LogP contribution is -2.25. The summed E-state index contributed by atoms with van der Waals surface area (Å²) in [6.45, 7) is 4.92. The third kappa shape index (κ3) is 2.23. The molecule has 1 heterocycles. The molecule has 0 aromatic carbocycles. The lowest BCUT2D eigenvalue weighted by molar-refractivity contribution is -0.146. The van der Waals surface area contributed by atoms with Crippen LogP contribution >= 0.6 is 0 Å². The molecule has 0 aromatic heterocycles. The van der Waals surface area contributed by atoms with Crippen molar-refractivity contribution < 1.29 is 9.53 Å². The molecule has 13 heavy (non-hydrogen) atoms. The number of unbranched alkanes of at least 4 members (excludes halogenated alkanes) is 2. The van der Waals surface area contributed by atoms with Crippen molar-refractivity contribution in [2.24, 2.45) is 5.41 Å². The van der Waals surface area contributed by atoms with E-state index in [9.17, 15) is 4.79 Å². The summed E-state index contributed by atoms with van der Waals surface area (Å²) >= 11 is 0. The highest BCUT2D eigenvalue weighted by molar-refractivity contribution is 5.78. The molecule has 2 heteroatoms. The van der Waals surface area contributed by atoms with E-state index in [2.05, 4.69) is 13.8 Å². The first-order chi connectivity index (χ1) is 6.25. The van der Waals surface area contributed by atoms with Crippen LogP contribution in [0.4, 0.5) is 0 Å². The average Bonchev–Trinajstić information content (AvgIpc) is 2.49. The fourth-order valence-corrected chi connectivity index (χ4v) is 2.03. The zero-order chi connectivity index (χ0) is 9.73. The highest BCUT2D eigenvalue weighted by atomic mass is 16.5. The fraction of sp³-hybridized carbons (Fsp3) is 0.909. The third-order valence-corrected chi connectivity index (χ3v) is 3.18. The predicted octanol–water partition coefficient (Wildman–Crippen LogP) is 2.91. The molecular weight excluding hydrogens is 164 g/mol. The van der Waals surface area contributed by atoms with Crippen LogP contribution in [0.15, 0.2) is 0 Å². The number of rotatable bonds is 5. The number of cyclic esters (lactones) is 1. The molecule has 2 nitrogen and oxygen atoms in total. The second kappa shape index (κ2) is 4.64. The van der Waals surface area contributed by atoms with Gasteiger partial charge in [0.1, 0.15) is 0 Å². The minimum absolute atomic E-state index is 0.0473. The number of carbonyl (C=O) groups excluding carboxylic acids is 1. The molecule has 76 valence electrons. The van der Waals surface area contributed by atoms with Crippen molar-refractivity contribution in [3.63, 3.8) is 0 Å². The zero-order valence-corrected chi connectivity index (χ0v) is 8.77. The summed E-state index contributed by atoms with van der Waals surface area (Å²) in [5.74, 6) is 0.0473. The summed E-state index contributed by atoms with van der Waals surface area (Å²) < 4.78 is 5.05. The molecular formula is C11H20O2. The average molecular weight is 184 g/mol. The zero-order valence-electron chi connectivity index (χ0n) is 8.77. The van der Waals surface area contributed by atoms with E-state index in [0.29, 0.717) is 6.61 Å². The summed E-state index contributed by atoms with van der Waals surface area (Å²) in [5.41, 5.74) is -0.116. The van der Waals surface area contributed by atoms with E-state index in [1.54, 1.807) is 0 Å². The molecule has 0 saturated carbocycles. The first kappa shape index (κ1) is 10.6. The minimum Gasteiger partial charge on any atom is -0.465 e. The van der Waals surface area contributed by atoms with Gasteiger partial charge in [-0.25, -0.2) is 0 Å². The normalized spacial score (nSPS) is 27.7. The van der Waals surface area contributed by atoms with E-state index in [0.717, 1.165) is 19.3 Å². The van der Waals surface area contributed by atoms with Crippen molar-refractivity contribution in [2.75, 3.05) is 6.61 Å². The quantitative estimate of drug-likeness (QED) is 0.485. The van der Waals surface area contributed by atoms with Gasteiger partial charge in [0.2, 0.25) is 0 Å². The maximum absolute atomic E-state index is 11.5. The van der Waals surface area contributed by atoms with Crippen LogP contribution in [0.2, 0.25) is 0 Å². The van der Waals surface area contributed by atoms with Gasteiger partial charge in [0, 0.05) is 0 Å². The molecule has 1 fully saturated rings. The van der Waals surface area contributed by atoms with Crippen molar-refractivity contribution in [1.29, 1.82) is 0 Å². The predicted molar refractivity (Wildman–Crippen MR) is 52.4 cm³/mol. The second-order valence-electron chi connectivity index (χ2n) is 3.98. The molecule has 0 amide bonds. The Kier molecular flexibility index (Phi) is 3.76. The van der Waals surface area contributed by atoms with E-state index in [-0.39, 0.29) is 11.4 Å². The van der Waals surface area contributed by atoms with Crippen LogP contribution in [0.25, 0.3) is 0 Å². The number of ether oxygens (including phenoxy) is 1. The SMILES string of the molecule is CCCCCC1(CC)CCOC1=O. The van der Waals surface area contributed by atoms with E-state index >= 15 is 0 Å². The molecule has 1 atom stereocenters. The Balaban J connectivity index is 2.44. The van der Waals surface area contributed by atoms with E-state index in [4.69, 9.17) is 4.74 Å². The van der Waals surface area contributed by atoms with Crippen molar-refractivity contribution in [3.8, 4) is 0 Å². The second-order valence-corrected chi connectivity index (χ2v) is 3.98. The summed E-state index contributed by atoms with van der Waals surface area (Å²) in [6.07, 6.45) is 6.51. The highest BCUT2D eigenvalue weighted by Crippen LogP contribution is 2.38. The maximum Gasteiger partial charge on any atom is 0.312 e. The Morgan fingerprint density at radius 1 is 1.38 bits per heavy atom. The van der Waals surface area contributed by atoms with Crippen molar-refractivity contribution >= 4 is 5.97 Å². The molecule has 0 aliphatic carbocycles. The summed E-state index contributed by atoms with van der Waals surface area (Å²) in [5, 5.41) is 0. The van der Waals surface area contributed by atoms with Crippen LogP contribution in [0.5, 0.6) is 0 Å². The van der Waals surface area contributed by atoms with Crippen LogP contribution in [0.3, 0.4) is 0 Å².